The van der Waals surface area contributed by atoms with Crippen molar-refractivity contribution in [2.75, 3.05) is 6.54 Å². The Bertz CT molecular complexity index is 1090. The SMILES string of the molecule is CC(C)CNC(=O)C(Cc1ccccc1)N(Cc1ccc(Br)cc1)C(=O)Cc1ccccc1Cl. The van der Waals surface area contributed by atoms with Crippen LogP contribution in [0, 0.1) is 5.92 Å². The molecule has 0 spiro atoms. The number of benzene rings is 3. The van der Waals surface area contributed by atoms with Crippen LogP contribution < -0.4 is 5.32 Å². The first-order valence-electron chi connectivity index (χ1n) is 11.4. The monoisotopic (exact) mass is 540 g/mol. The highest BCUT2D eigenvalue weighted by Crippen LogP contribution is 2.21. The number of rotatable bonds is 10. The van der Waals surface area contributed by atoms with Gasteiger partial charge in [-0.1, -0.05) is 102 Å². The molecule has 1 atom stereocenters. The molecular formula is C28H30BrClN2O2. The molecule has 1 N–H and O–H groups in total. The summed E-state index contributed by atoms with van der Waals surface area (Å²) >= 11 is 9.82. The Morgan fingerprint density at radius 3 is 2.21 bits per heavy atom. The van der Waals surface area contributed by atoms with Gasteiger partial charge in [-0.25, -0.2) is 0 Å². The fourth-order valence-electron chi connectivity index (χ4n) is 3.67. The molecular weight excluding hydrogens is 512 g/mol. The van der Waals surface area contributed by atoms with Gasteiger partial charge in [0.1, 0.15) is 6.04 Å². The van der Waals surface area contributed by atoms with Crippen LogP contribution >= 0.6 is 27.5 Å². The molecule has 3 rings (SSSR count). The molecule has 0 aliphatic rings. The maximum Gasteiger partial charge on any atom is 0.243 e. The summed E-state index contributed by atoms with van der Waals surface area (Å²) in [5, 5.41) is 3.59. The van der Waals surface area contributed by atoms with Gasteiger partial charge in [-0.05, 0) is 40.8 Å². The molecule has 0 fully saturated rings. The summed E-state index contributed by atoms with van der Waals surface area (Å²) in [7, 11) is 0. The highest BCUT2D eigenvalue weighted by molar-refractivity contribution is 9.10. The van der Waals surface area contributed by atoms with Crippen LogP contribution in [0.3, 0.4) is 0 Å². The van der Waals surface area contributed by atoms with E-state index in [2.05, 4.69) is 35.1 Å². The predicted molar refractivity (Wildman–Crippen MR) is 142 cm³/mol. The minimum absolute atomic E-state index is 0.124. The zero-order valence-electron chi connectivity index (χ0n) is 19.5. The van der Waals surface area contributed by atoms with Gasteiger partial charge in [0.2, 0.25) is 11.8 Å². The van der Waals surface area contributed by atoms with Crippen LogP contribution in [0.15, 0.2) is 83.3 Å². The molecule has 1 unspecified atom stereocenters. The summed E-state index contributed by atoms with van der Waals surface area (Å²) in [5.41, 5.74) is 2.69. The molecule has 0 aliphatic carbocycles. The van der Waals surface area contributed by atoms with E-state index in [0.717, 1.165) is 21.2 Å². The third-order valence-corrected chi connectivity index (χ3v) is 6.42. The topological polar surface area (TPSA) is 49.4 Å². The van der Waals surface area contributed by atoms with Crippen LogP contribution in [-0.2, 0) is 29.0 Å². The highest BCUT2D eigenvalue weighted by atomic mass is 79.9. The first kappa shape index (κ1) is 26.0. The number of carbonyl (C=O) groups is 2. The Balaban J connectivity index is 1.96. The fraction of sp³-hybridized carbons (Fsp3) is 0.286. The van der Waals surface area contributed by atoms with Gasteiger partial charge in [0.15, 0.2) is 0 Å². The number of nitrogens with zero attached hydrogens (tertiary/aromatic N) is 1. The van der Waals surface area contributed by atoms with Crippen molar-refractivity contribution >= 4 is 39.3 Å². The number of hydrogen-bond donors (Lipinski definition) is 1. The summed E-state index contributed by atoms with van der Waals surface area (Å²) < 4.78 is 0.959. The van der Waals surface area contributed by atoms with E-state index in [0.29, 0.717) is 30.5 Å². The predicted octanol–water partition coefficient (Wildman–Crippen LogP) is 6.06. The third-order valence-electron chi connectivity index (χ3n) is 5.52. The molecule has 3 aromatic rings. The van der Waals surface area contributed by atoms with Gasteiger partial charge in [0.05, 0.1) is 6.42 Å². The number of halogens is 2. The molecule has 0 aromatic heterocycles. The zero-order chi connectivity index (χ0) is 24.5. The van der Waals surface area contributed by atoms with Crippen LogP contribution in [0.25, 0.3) is 0 Å². The second kappa shape index (κ2) is 12.7. The van der Waals surface area contributed by atoms with Crippen molar-refractivity contribution in [2.24, 2.45) is 5.92 Å². The summed E-state index contributed by atoms with van der Waals surface area (Å²) in [6, 6.07) is 24.3. The molecule has 178 valence electrons. The first-order chi connectivity index (χ1) is 16.3. The van der Waals surface area contributed by atoms with E-state index < -0.39 is 6.04 Å². The molecule has 34 heavy (non-hydrogen) atoms. The number of carbonyl (C=O) groups excluding carboxylic acids is 2. The van der Waals surface area contributed by atoms with Crippen LogP contribution in [0.1, 0.15) is 30.5 Å². The van der Waals surface area contributed by atoms with Crippen LogP contribution in [0.4, 0.5) is 0 Å². The summed E-state index contributed by atoms with van der Waals surface area (Å²) in [6.45, 7) is 4.97. The lowest BCUT2D eigenvalue weighted by Crippen LogP contribution is -2.51. The van der Waals surface area contributed by atoms with E-state index in [1.165, 1.54) is 0 Å². The molecule has 0 heterocycles. The van der Waals surface area contributed by atoms with E-state index in [4.69, 9.17) is 11.6 Å². The number of hydrogen-bond acceptors (Lipinski definition) is 2. The minimum Gasteiger partial charge on any atom is -0.354 e. The summed E-state index contributed by atoms with van der Waals surface area (Å²) in [6.07, 6.45) is 0.550. The third kappa shape index (κ3) is 7.71. The maximum atomic E-state index is 13.7. The van der Waals surface area contributed by atoms with Gasteiger partial charge in [0, 0.05) is 29.0 Å². The molecule has 3 aromatic carbocycles. The first-order valence-corrected chi connectivity index (χ1v) is 12.6. The van der Waals surface area contributed by atoms with Crippen LogP contribution in [-0.4, -0.2) is 29.3 Å². The van der Waals surface area contributed by atoms with Gasteiger partial charge in [-0.3, -0.25) is 9.59 Å². The van der Waals surface area contributed by atoms with Gasteiger partial charge < -0.3 is 10.2 Å². The van der Waals surface area contributed by atoms with Crippen molar-refractivity contribution in [3.63, 3.8) is 0 Å². The van der Waals surface area contributed by atoms with Gasteiger partial charge in [-0.15, -0.1) is 0 Å². The van der Waals surface area contributed by atoms with Crippen molar-refractivity contribution in [3.05, 3.63) is 105 Å². The van der Waals surface area contributed by atoms with E-state index >= 15 is 0 Å². The quantitative estimate of drug-likeness (QED) is 0.339. The second-order valence-corrected chi connectivity index (χ2v) is 10.1. The van der Waals surface area contributed by atoms with Crippen molar-refractivity contribution in [3.8, 4) is 0 Å². The van der Waals surface area contributed by atoms with E-state index in [-0.39, 0.29) is 18.2 Å². The Kier molecular flexibility index (Phi) is 9.73. The molecule has 0 bridgehead atoms. The number of amides is 2. The van der Waals surface area contributed by atoms with E-state index in [1.807, 2.05) is 72.8 Å². The Hall–Kier alpha value is -2.63. The lowest BCUT2D eigenvalue weighted by Gasteiger charge is -2.32. The highest BCUT2D eigenvalue weighted by Gasteiger charge is 2.30. The standard InChI is InChI=1S/C28H30BrClN2O2/c1-20(2)18-31-28(34)26(16-21-8-4-3-5-9-21)32(19-22-12-14-24(29)15-13-22)27(33)17-23-10-6-7-11-25(23)30/h3-15,20,26H,16-19H2,1-2H3,(H,31,34). The average Bonchev–Trinajstić information content (AvgIpc) is 2.83. The largest absolute Gasteiger partial charge is 0.354 e. The summed E-state index contributed by atoms with van der Waals surface area (Å²) in [4.78, 5) is 28.8. The Labute approximate surface area is 215 Å². The summed E-state index contributed by atoms with van der Waals surface area (Å²) in [5.74, 6) is 0.0129. The maximum absolute atomic E-state index is 13.7. The normalized spacial score (nSPS) is 11.8. The lowest BCUT2D eigenvalue weighted by molar-refractivity contribution is -0.140. The molecule has 4 nitrogen and oxygen atoms in total. The van der Waals surface area contributed by atoms with Gasteiger partial charge in [-0.2, -0.15) is 0 Å². The van der Waals surface area contributed by atoms with Gasteiger partial charge in [0.25, 0.3) is 0 Å². The smallest absolute Gasteiger partial charge is 0.243 e. The van der Waals surface area contributed by atoms with Crippen molar-refractivity contribution in [2.45, 2.75) is 39.3 Å². The van der Waals surface area contributed by atoms with E-state index in [9.17, 15) is 9.59 Å². The fourth-order valence-corrected chi connectivity index (χ4v) is 4.14. The molecule has 2 amide bonds. The van der Waals surface area contributed by atoms with Gasteiger partial charge >= 0.3 is 0 Å². The lowest BCUT2D eigenvalue weighted by atomic mass is 10.0. The Morgan fingerprint density at radius 1 is 0.912 bits per heavy atom. The van der Waals surface area contributed by atoms with Crippen molar-refractivity contribution < 1.29 is 9.59 Å². The van der Waals surface area contributed by atoms with Crippen molar-refractivity contribution in [1.82, 2.24) is 10.2 Å². The molecule has 6 heteroatoms. The molecule has 0 saturated carbocycles. The Morgan fingerprint density at radius 2 is 1.56 bits per heavy atom. The molecule has 0 radical (unpaired) electrons. The zero-order valence-corrected chi connectivity index (χ0v) is 21.9. The molecule has 0 saturated heterocycles. The van der Waals surface area contributed by atoms with Crippen molar-refractivity contribution in [1.29, 1.82) is 0 Å². The number of nitrogens with one attached hydrogen (secondary N) is 1. The van der Waals surface area contributed by atoms with Crippen LogP contribution in [0.5, 0.6) is 0 Å². The molecule has 0 aliphatic heterocycles. The van der Waals surface area contributed by atoms with E-state index in [1.54, 1.807) is 11.0 Å². The average molecular weight is 542 g/mol. The van der Waals surface area contributed by atoms with Crippen LogP contribution in [0.2, 0.25) is 5.02 Å². The minimum atomic E-state index is -0.653. The second-order valence-electron chi connectivity index (χ2n) is 8.76.